The highest BCUT2D eigenvalue weighted by Crippen LogP contribution is 2.26. The first-order valence-electron chi connectivity index (χ1n) is 8.52. The first-order valence-corrected chi connectivity index (χ1v) is 8.90. The number of amides is 2. The Morgan fingerprint density at radius 3 is 2.50 bits per heavy atom. The highest BCUT2D eigenvalue weighted by molar-refractivity contribution is 6.31. The van der Waals surface area contributed by atoms with Gasteiger partial charge in [-0.25, -0.2) is 4.79 Å². The third-order valence-corrected chi connectivity index (χ3v) is 4.04. The molecular formula is C20H25ClN2O3. The molecule has 0 bridgehead atoms. The number of benzene rings is 2. The SMILES string of the molecule is CC(C)(C)c1ccc(OCCCNC(=O)Nc2cc(Cl)ccc2O)cc1. The average Bonchev–Trinajstić information content (AvgIpc) is 2.57. The lowest BCUT2D eigenvalue weighted by atomic mass is 9.87. The number of nitrogens with one attached hydrogen (secondary N) is 2. The average molecular weight is 377 g/mol. The van der Waals surface area contributed by atoms with Crippen molar-refractivity contribution in [2.75, 3.05) is 18.5 Å². The molecule has 0 heterocycles. The summed E-state index contributed by atoms with van der Waals surface area (Å²) in [7, 11) is 0. The molecule has 0 aliphatic heterocycles. The van der Waals surface area contributed by atoms with Gasteiger partial charge < -0.3 is 20.5 Å². The summed E-state index contributed by atoms with van der Waals surface area (Å²) in [5.74, 6) is 0.776. The van der Waals surface area contributed by atoms with Crippen molar-refractivity contribution in [2.24, 2.45) is 0 Å². The Bertz CT molecular complexity index is 740. The zero-order valence-electron chi connectivity index (χ0n) is 15.3. The molecule has 0 saturated heterocycles. The van der Waals surface area contributed by atoms with Crippen molar-refractivity contribution >= 4 is 23.3 Å². The van der Waals surface area contributed by atoms with E-state index in [1.807, 2.05) is 12.1 Å². The number of rotatable bonds is 6. The number of anilines is 1. The summed E-state index contributed by atoms with van der Waals surface area (Å²) >= 11 is 5.84. The predicted molar refractivity (Wildman–Crippen MR) is 105 cm³/mol. The molecule has 2 aromatic rings. The number of ether oxygens (including phenoxy) is 1. The smallest absolute Gasteiger partial charge is 0.319 e. The third-order valence-electron chi connectivity index (χ3n) is 3.80. The van der Waals surface area contributed by atoms with Crippen molar-refractivity contribution in [3.05, 3.63) is 53.1 Å². The van der Waals surface area contributed by atoms with Gasteiger partial charge in [0.25, 0.3) is 0 Å². The molecule has 0 fully saturated rings. The predicted octanol–water partition coefficient (Wildman–Crippen LogP) is 4.93. The van der Waals surface area contributed by atoms with Gasteiger partial charge in [0, 0.05) is 11.6 Å². The number of hydrogen-bond donors (Lipinski definition) is 3. The molecule has 2 aromatic carbocycles. The Kier molecular flexibility index (Phi) is 6.75. The van der Waals surface area contributed by atoms with Crippen molar-refractivity contribution < 1.29 is 14.6 Å². The summed E-state index contributed by atoms with van der Waals surface area (Å²) in [5.41, 5.74) is 1.64. The summed E-state index contributed by atoms with van der Waals surface area (Å²) in [6.07, 6.45) is 0.663. The maximum absolute atomic E-state index is 11.8. The molecule has 2 rings (SSSR count). The van der Waals surface area contributed by atoms with Crippen LogP contribution in [0.15, 0.2) is 42.5 Å². The molecule has 0 radical (unpaired) electrons. The van der Waals surface area contributed by atoms with Gasteiger partial charge in [0.05, 0.1) is 12.3 Å². The van der Waals surface area contributed by atoms with E-state index in [-0.39, 0.29) is 16.9 Å². The summed E-state index contributed by atoms with van der Waals surface area (Å²) in [4.78, 5) is 11.8. The van der Waals surface area contributed by atoms with E-state index in [9.17, 15) is 9.90 Å². The lowest BCUT2D eigenvalue weighted by Crippen LogP contribution is -2.30. The minimum absolute atomic E-state index is 0.0356. The first kappa shape index (κ1) is 19.9. The molecule has 5 nitrogen and oxygen atoms in total. The maximum atomic E-state index is 11.8. The summed E-state index contributed by atoms with van der Waals surface area (Å²) in [6.45, 7) is 7.46. The van der Waals surface area contributed by atoms with Gasteiger partial charge in [-0.2, -0.15) is 0 Å². The Morgan fingerprint density at radius 2 is 1.85 bits per heavy atom. The van der Waals surface area contributed by atoms with E-state index in [4.69, 9.17) is 16.3 Å². The number of halogens is 1. The molecule has 0 aromatic heterocycles. The molecule has 3 N–H and O–H groups in total. The van der Waals surface area contributed by atoms with Gasteiger partial charge in [-0.1, -0.05) is 44.5 Å². The summed E-state index contributed by atoms with van der Waals surface area (Å²) < 4.78 is 5.68. The van der Waals surface area contributed by atoms with E-state index in [0.29, 0.717) is 24.6 Å². The van der Waals surface area contributed by atoms with Crippen LogP contribution in [0.2, 0.25) is 5.02 Å². The highest BCUT2D eigenvalue weighted by atomic mass is 35.5. The number of carbonyl (C=O) groups is 1. The number of phenols is 1. The fraction of sp³-hybridized carbons (Fsp3) is 0.350. The van der Waals surface area contributed by atoms with Crippen molar-refractivity contribution in [1.29, 1.82) is 0 Å². The standard InChI is InChI=1S/C20H25ClN2O3/c1-20(2,3)14-5-8-16(9-6-14)26-12-4-11-22-19(25)23-17-13-15(21)7-10-18(17)24/h5-10,13,24H,4,11-12H2,1-3H3,(H2,22,23,25). The number of phenolic OH excluding ortho intramolecular Hbond substituents is 1. The van der Waals surface area contributed by atoms with Crippen LogP contribution >= 0.6 is 11.6 Å². The molecule has 0 saturated carbocycles. The zero-order valence-corrected chi connectivity index (χ0v) is 16.1. The van der Waals surface area contributed by atoms with Crippen LogP contribution in [0.5, 0.6) is 11.5 Å². The van der Waals surface area contributed by atoms with Crippen LogP contribution in [-0.4, -0.2) is 24.3 Å². The summed E-state index contributed by atoms with van der Waals surface area (Å²) in [5, 5.41) is 15.4. The van der Waals surface area contributed by atoms with E-state index >= 15 is 0 Å². The Hall–Kier alpha value is -2.40. The van der Waals surface area contributed by atoms with Gasteiger partial charge in [-0.3, -0.25) is 0 Å². The fourth-order valence-electron chi connectivity index (χ4n) is 2.29. The first-order chi connectivity index (χ1) is 12.3. The van der Waals surface area contributed by atoms with E-state index < -0.39 is 6.03 Å². The molecule has 0 atom stereocenters. The van der Waals surface area contributed by atoms with Crippen LogP contribution in [0, 0.1) is 0 Å². The Balaban J connectivity index is 1.68. The lowest BCUT2D eigenvalue weighted by molar-refractivity contribution is 0.250. The molecule has 0 aliphatic carbocycles. The third kappa shape index (κ3) is 6.15. The molecule has 0 spiro atoms. The topological polar surface area (TPSA) is 70.6 Å². The molecule has 6 heteroatoms. The second-order valence-electron chi connectivity index (χ2n) is 7.02. The summed E-state index contributed by atoms with van der Waals surface area (Å²) in [6, 6.07) is 12.1. The zero-order chi connectivity index (χ0) is 19.2. The number of urea groups is 1. The van der Waals surface area contributed by atoms with Crippen molar-refractivity contribution in [1.82, 2.24) is 5.32 Å². The minimum Gasteiger partial charge on any atom is -0.506 e. The van der Waals surface area contributed by atoms with Crippen molar-refractivity contribution in [3.8, 4) is 11.5 Å². The normalized spacial score (nSPS) is 11.1. The molecule has 0 unspecified atom stereocenters. The van der Waals surface area contributed by atoms with E-state index in [1.54, 1.807) is 6.07 Å². The Labute approximate surface area is 159 Å². The second-order valence-corrected chi connectivity index (χ2v) is 7.46. The monoisotopic (exact) mass is 376 g/mol. The Morgan fingerprint density at radius 1 is 1.15 bits per heavy atom. The molecule has 2 amide bonds. The largest absolute Gasteiger partial charge is 0.506 e. The van der Waals surface area contributed by atoms with Gasteiger partial charge in [0.15, 0.2) is 0 Å². The number of hydrogen-bond acceptors (Lipinski definition) is 3. The van der Waals surface area contributed by atoms with Gasteiger partial charge in [0.2, 0.25) is 0 Å². The minimum atomic E-state index is -0.405. The van der Waals surface area contributed by atoms with Gasteiger partial charge >= 0.3 is 6.03 Å². The fourth-order valence-corrected chi connectivity index (χ4v) is 2.46. The van der Waals surface area contributed by atoms with Crippen LogP contribution in [0.4, 0.5) is 10.5 Å². The molecule has 140 valence electrons. The quantitative estimate of drug-likeness (QED) is 0.494. The maximum Gasteiger partial charge on any atom is 0.319 e. The van der Waals surface area contributed by atoms with E-state index in [2.05, 4.69) is 43.5 Å². The van der Waals surface area contributed by atoms with Crippen molar-refractivity contribution in [3.63, 3.8) is 0 Å². The van der Waals surface area contributed by atoms with Crippen LogP contribution in [0.25, 0.3) is 0 Å². The van der Waals surface area contributed by atoms with Gasteiger partial charge in [-0.05, 0) is 47.7 Å². The van der Waals surface area contributed by atoms with Crippen LogP contribution in [0.1, 0.15) is 32.8 Å². The molecular weight excluding hydrogens is 352 g/mol. The van der Waals surface area contributed by atoms with Crippen LogP contribution in [-0.2, 0) is 5.41 Å². The van der Waals surface area contributed by atoms with Gasteiger partial charge in [0.1, 0.15) is 11.5 Å². The highest BCUT2D eigenvalue weighted by Gasteiger charge is 2.13. The lowest BCUT2D eigenvalue weighted by Gasteiger charge is -2.19. The van der Waals surface area contributed by atoms with Crippen molar-refractivity contribution in [2.45, 2.75) is 32.6 Å². The van der Waals surface area contributed by atoms with E-state index in [0.717, 1.165) is 5.75 Å². The molecule has 0 aliphatic rings. The molecule has 26 heavy (non-hydrogen) atoms. The van der Waals surface area contributed by atoms with Gasteiger partial charge in [-0.15, -0.1) is 0 Å². The number of carbonyl (C=O) groups excluding carboxylic acids is 1. The van der Waals surface area contributed by atoms with Crippen LogP contribution in [0.3, 0.4) is 0 Å². The van der Waals surface area contributed by atoms with E-state index in [1.165, 1.54) is 17.7 Å². The second kappa shape index (κ2) is 8.81. The number of aromatic hydroxyl groups is 1. The van der Waals surface area contributed by atoms with Crippen LogP contribution < -0.4 is 15.4 Å².